The first-order valence-corrected chi connectivity index (χ1v) is 16.0. The molecule has 0 atom stereocenters. The number of halogens is 4. The number of benzene rings is 3. The van der Waals surface area contributed by atoms with Crippen molar-refractivity contribution in [2.24, 2.45) is 7.05 Å². The molecule has 5 aromatic rings. The molecule has 2 heterocycles. The standard InChI is InChI=1S/C36H32ClF3N6O3/c1-46-19-44-31-15-25(29(16-32(31)46)36(38,39)40)26-13-22(37)14-27-28(18-43-34(26)27)35(48)20-5-10-30(21(12-20)17-41)45-33(47)4-3-11-42-23-6-8-24(49-2)9-7-23/h3-5,10,12-16,18-19,23-24,42-43H,6-9,11H2,1-2H3,(H,45,47)/b4-3+. The number of alkyl halides is 3. The molecule has 2 aromatic heterocycles. The average Bonchev–Trinajstić information content (AvgIpc) is 3.68. The third-order valence-corrected chi connectivity index (χ3v) is 9.14. The van der Waals surface area contributed by atoms with Crippen LogP contribution in [0.4, 0.5) is 18.9 Å². The predicted molar refractivity (Wildman–Crippen MR) is 181 cm³/mol. The summed E-state index contributed by atoms with van der Waals surface area (Å²) in [5.74, 6) is -0.919. The van der Waals surface area contributed by atoms with Gasteiger partial charge in [-0.2, -0.15) is 18.4 Å². The maximum absolute atomic E-state index is 14.3. The second-order valence-electron chi connectivity index (χ2n) is 12.0. The number of carbonyl (C=O) groups is 2. The number of fused-ring (bicyclic) bond motifs is 2. The fourth-order valence-electron chi connectivity index (χ4n) is 6.35. The second kappa shape index (κ2) is 13.9. The minimum absolute atomic E-state index is 0.0673. The molecule has 0 aliphatic heterocycles. The van der Waals surface area contributed by atoms with Crippen LogP contribution in [-0.2, 0) is 22.8 Å². The molecular formula is C36H32ClF3N6O3. The monoisotopic (exact) mass is 688 g/mol. The van der Waals surface area contributed by atoms with Crippen LogP contribution in [0.25, 0.3) is 33.1 Å². The van der Waals surface area contributed by atoms with E-state index in [1.807, 2.05) is 6.07 Å². The Morgan fingerprint density at radius 3 is 2.63 bits per heavy atom. The van der Waals surface area contributed by atoms with Gasteiger partial charge in [0.15, 0.2) is 5.78 Å². The Morgan fingerprint density at radius 2 is 1.92 bits per heavy atom. The molecule has 3 N–H and O–H groups in total. The minimum Gasteiger partial charge on any atom is -0.381 e. The number of nitriles is 1. The number of anilines is 1. The first-order valence-electron chi connectivity index (χ1n) is 15.6. The Balaban J connectivity index is 1.23. The lowest BCUT2D eigenvalue weighted by Crippen LogP contribution is -2.35. The van der Waals surface area contributed by atoms with Crippen molar-refractivity contribution < 1.29 is 27.5 Å². The van der Waals surface area contributed by atoms with E-state index < -0.39 is 23.4 Å². The number of ether oxygens (including phenoxy) is 1. The molecule has 49 heavy (non-hydrogen) atoms. The predicted octanol–water partition coefficient (Wildman–Crippen LogP) is 7.54. The van der Waals surface area contributed by atoms with Gasteiger partial charge in [-0.25, -0.2) is 4.98 Å². The summed E-state index contributed by atoms with van der Waals surface area (Å²) in [6.07, 6.45) is 5.55. The maximum Gasteiger partial charge on any atom is 0.417 e. The highest BCUT2D eigenvalue weighted by molar-refractivity contribution is 6.32. The maximum atomic E-state index is 14.3. The number of aromatic amines is 1. The van der Waals surface area contributed by atoms with Gasteiger partial charge >= 0.3 is 6.18 Å². The molecule has 13 heteroatoms. The molecule has 1 amide bonds. The van der Waals surface area contributed by atoms with Crippen LogP contribution < -0.4 is 10.6 Å². The van der Waals surface area contributed by atoms with E-state index >= 15 is 0 Å². The molecule has 1 fully saturated rings. The van der Waals surface area contributed by atoms with Gasteiger partial charge in [0.1, 0.15) is 6.07 Å². The summed E-state index contributed by atoms with van der Waals surface area (Å²) in [7, 11) is 3.34. The van der Waals surface area contributed by atoms with Gasteiger partial charge in [-0.3, -0.25) is 9.59 Å². The van der Waals surface area contributed by atoms with Crippen LogP contribution in [-0.4, -0.2) is 52.0 Å². The summed E-state index contributed by atoms with van der Waals surface area (Å²) < 4.78 is 49.9. The van der Waals surface area contributed by atoms with Crippen LogP contribution >= 0.6 is 11.6 Å². The summed E-state index contributed by atoms with van der Waals surface area (Å²) in [4.78, 5) is 33.5. The van der Waals surface area contributed by atoms with Gasteiger partial charge < -0.3 is 24.9 Å². The van der Waals surface area contributed by atoms with Gasteiger partial charge in [0.2, 0.25) is 5.91 Å². The topological polar surface area (TPSA) is 125 Å². The third kappa shape index (κ3) is 7.10. The fourth-order valence-corrected chi connectivity index (χ4v) is 6.57. The van der Waals surface area contributed by atoms with Crippen LogP contribution in [0.3, 0.4) is 0 Å². The first kappa shape index (κ1) is 33.9. The molecule has 0 bridgehead atoms. The molecule has 0 radical (unpaired) electrons. The number of carbonyl (C=O) groups excluding carboxylic acids is 2. The highest BCUT2D eigenvalue weighted by atomic mass is 35.5. The zero-order valence-corrected chi connectivity index (χ0v) is 27.4. The van der Waals surface area contributed by atoms with Crippen molar-refractivity contribution in [3.05, 3.63) is 94.4 Å². The number of hydrogen-bond donors (Lipinski definition) is 3. The average molecular weight is 689 g/mol. The Hall–Kier alpha value is -4.96. The van der Waals surface area contributed by atoms with Crippen LogP contribution in [0.2, 0.25) is 5.02 Å². The van der Waals surface area contributed by atoms with Crippen molar-refractivity contribution in [1.29, 1.82) is 5.26 Å². The summed E-state index contributed by atoms with van der Waals surface area (Å²) in [5.41, 5.74) is 0.689. The van der Waals surface area contributed by atoms with E-state index in [9.17, 15) is 28.0 Å². The SMILES string of the molecule is COC1CCC(NC/C=C/C(=O)Nc2ccc(C(=O)c3c[nH]c4c(-c5cc6ncn(C)c6cc5C(F)(F)F)cc(Cl)cc34)cc2C#N)CC1. The molecule has 1 saturated carbocycles. The molecule has 0 spiro atoms. The van der Waals surface area contributed by atoms with Gasteiger partial charge in [0.25, 0.3) is 0 Å². The number of nitrogens with one attached hydrogen (secondary N) is 3. The van der Waals surface area contributed by atoms with E-state index in [1.165, 1.54) is 59.6 Å². The minimum atomic E-state index is -4.69. The largest absolute Gasteiger partial charge is 0.417 e. The third-order valence-electron chi connectivity index (χ3n) is 8.92. The number of H-pyrrole nitrogens is 1. The Morgan fingerprint density at radius 1 is 1.14 bits per heavy atom. The lowest BCUT2D eigenvalue weighted by Gasteiger charge is -2.27. The first-order chi connectivity index (χ1) is 23.5. The zero-order chi connectivity index (χ0) is 34.9. The molecule has 0 saturated heterocycles. The van der Waals surface area contributed by atoms with Crippen molar-refractivity contribution in [1.82, 2.24) is 19.9 Å². The number of methoxy groups -OCH3 is 1. The van der Waals surface area contributed by atoms with Gasteiger partial charge in [-0.05, 0) is 73.7 Å². The molecular weight excluding hydrogens is 657 g/mol. The fraction of sp³-hybridized carbons (Fsp3) is 0.278. The normalized spacial score (nSPS) is 16.8. The Bertz CT molecular complexity index is 2140. The smallest absolute Gasteiger partial charge is 0.381 e. The molecule has 3 aromatic carbocycles. The second-order valence-corrected chi connectivity index (χ2v) is 12.5. The summed E-state index contributed by atoms with van der Waals surface area (Å²) >= 11 is 6.43. The van der Waals surface area contributed by atoms with Gasteiger partial charge in [-0.1, -0.05) is 17.7 Å². The highest BCUT2D eigenvalue weighted by Gasteiger charge is 2.35. The lowest BCUT2D eigenvalue weighted by atomic mass is 9.93. The van der Waals surface area contributed by atoms with Crippen LogP contribution in [0.1, 0.15) is 52.7 Å². The molecule has 252 valence electrons. The molecule has 6 rings (SSSR count). The number of amides is 1. The van der Waals surface area contributed by atoms with Crippen molar-refractivity contribution in [3.63, 3.8) is 0 Å². The molecule has 1 aliphatic rings. The van der Waals surface area contributed by atoms with Crippen molar-refractivity contribution >= 4 is 50.9 Å². The lowest BCUT2D eigenvalue weighted by molar-refractivity contribution is -0.137. The summed E-state index contributed by atoms with van der Waals surface area (Å²) in [6, 6.07) is 12.0. The van der Waals surface area contributed by atoms with E-state index in [2.05, 4.69) is 20.6 Å². The number of rotatable bonds is 9. The number of aromatic nitrogens is 3. The quantitative estimate of drug-likeness (QED) is 0.109. The Labute approximate surface area is 284 Å². The van der Waals surface area contributed by atoms with Crippen molar-refractivity contribution in [2.75, 3.05) is 19.0 Å². The van der Waals surface area contributed by atoms with Crippen LogP contribution in [0.5, 0.6) is 0 Å². The number of nitrogens with zero attached hydrogens (tertiary/aromatic N) is 3. The zero-order valence-electron chi connectivity index (χ0n) is 26.6. The molecule has 1 aliphatic carbocycles. The number of aryl methyl sites for hydroxylation is 1. The van der Waals surface area contributed by atoms with Crippen molar-refractivity contribution in [3.8, 4) is 17.2 Å². The number of hydrogen-bond acceptors (Lipinski definition) is 6. The van der Waals surface area contributed by atoms with Gasteiger partial charge in [0, 0.05) is 66.1 Å². The summed E-state index contributed by atoms with van der Waals surface area (Å²) in [5, 5.41) is 16.4. The van der Waals surface area contributed by atoms with Crippen LogP contribution in [0, 0.1) is 11.3 Å². The summed E-state index contributed by atoms with van der Waals surface area (Å²) in [6.45, 7) is 0.514. The van der Waals surface area contributed by atoms with E-state index in [0.717, 1.165) is 31.7 Å². The molecule has 0 unspecified atom stereocenters. The van der Waals surface area contributed by atoms with E-state index in [0.29, 0.717) is 35.1 Å². The van der Waals surface area contributed by atoms with E-state index in [4.69, 9.17) is 16.3 Å². The van der Waals surface area contributed by atoms with Gasteiger partial charge in [0.05, 0.1) is 45.8 Å². The van der Waals surface area contributed by atoms with E-state index in [-0.39, 0.29) is 44.0 Å². The van der Waals surface area contributed by atoms with Gasteiger partial charge in [-0.15, -0.1) is 0 Å². The Kier molecular flexibility index (Phi) is 9.61. The highest BCUT2D eigenvalue weighted by Crippen LogP contribution is 2.43. The number of imidazole rings is 1. The van der Waals surface area contributed by atoms with E-state index in [1.54, 1.807) is 20.2 Å². The van der Waals surface area contributed by atoms with Crippen LogP contribution in [0.15, 0.2) is 67.1 Å². The number of ketones is 1. The van der Waals surface area contributed by atoms with Crippen molar-refractivity contribution in [2.45, 2.75) is 44.0 Å². The molecule has 9 nitrogen and oxygen atoms in total.